The molecule has 2 unspecified atom stereocenters. The second-order valence-electron chi connectivity index (χ2n) is 9.25. The van der Waals surface area contributed by atoms with Crippen LogP contribution in [0.1, 0.15) is 43.0 Å². The van der Waals surface area contributed by atoms with E-state index in [1.165, 1.54) is 12.0 Å². The number of fused-ring (bicyclic) bond motifs is 1. The highest BCUT2D eigenvalue weighted by Gasteiger charge is 2.47. The van der Waals surface area contributed by atoms with Gasteiger partial charge in [-0.3, -0.25) is 14.5 Å². The highest BCUT2D eigenvalue weighted by atomic mass is 16.5. The Hall–Kier alpha value is -4.26. The lowest BCUT2D eigenvalue weighted by atomic mass is 9.94. The first-order chi connectivity index (χ1) is 17.9. The number of Topliss-reactive ketones (excluding diaryl/α,β-unsaturated/α-hetero) is 1. The van der Waals surface area contributed by atoms with Crippen molar-refractivity contribution in [1.82, 2.24) is 0 Å². The highest BCUT2D eigenvalue weighted by Crippen LogP contribution is 2.44. The number of carbonyl (C=O) groups is 2. The van der Waals surface area contributed by atoms with Crippen LogP contribution in [0.2, 0.25) is 0 Å². The Bertz CT molecular complexity index is 1390. The largest absolute Gasteiger partial charge is 0.507 e. The summed E-state index contributed by atoms with van der Waals surface area (Å²) in [6.07, 6.45) is 1.58. The van der Waals surface area contributed by atoms with Crippen molar-refractivity contribution < 1.29 is 28.9 Å². The van der Waals surface area contributed by atoms with Gasteiger partial charge >= 0.3 is 0 Å². The van der Waals surface area contributed by atoms with E-state index in [0.29, 0.717) is 41.3 Å². The van der Waals surface area contributed by atoms with Gasteiger partial charge in [0.1, 0.15) is 29.1 Å². The van der Waals surface area contributed by atoms with E-state index < -0.39 is 17.7 Å². The maximum atomic E-state index is 13.5. The minimum atomic E-state index is -0.860. The normalized spacial score (nSPS) is 20.0. The van der Waals surface area contributed by atoms with Crippen LogP contribution in [0, 0.1) is 0 Å². The second kappa shape index (κ2) is 10.0. The SMILES string of the molecule is CCCOc1cccc(C2/C(=C(/O)c3ccc4c(c3)CC(C)O4)C(=O)C(=O)N2c2cccc(OC)c2)c1. The summed E-state index contributed by atoms with van der Waals surface area (Å²) in [5, 5.41) is 11.5. The smallest absolute Gasteiger partial charge is 0.300 e. The Balaban J connectivity index is 1.67. The topological polar surface area (TPSA) is 85.3 Å². The molecule has 2 atom stereocenters. The van der Waals surface area contributed by atoms with Gasteiger partial charge in [0, 0.05) is 23.7 Å². The van der Waals surface area contributed by atoms with Crippen molar-refractivity contribution in [2.75, 3.05) is 18.6 Å². The minimum absolute atomic E-state index is 0.0207. The molecular formula is C30H29NO6. The Labute approximate surface area is 215 Å². The second-order valence-corrected chi connectivity index (χ2v) is 9.25. The molecule has 7 nitrogen and oxygen atoms in total. The number of nitrogens with zero attached hydrogens (tertiary/aromatic N) is 1. The molecule has 0 aromatic heterocycles. The maximum absolute atomic E-state index is 13.5. The molecule has 0 radical (unpaired) electrons. The summed E-state index contributed by atoms with van der Waals surface area (Å²) >= 11 is 0. The lowest BCUT2D eigenvalue weighted by molar-refractivity contribution is -0.132. The zero-order valence-corrected chi connectivity index (χ0v) is 21.1. The van der Waals surface area contributed by atoms with Gasteiger partial charge in [-0.25, -0.2) is 0 Å². The zero-order valence-electron chi connectivity index (χ0n) is 21.1. The molecule has 0 aliphatic carbocycles. The van der Waals surface area contributed by atoms with Gasteiger partial charge in [-0.05, 0) is 66.9 Å². The summed E-state index contributed by atoms with van der Waals surface area (Å²) in [4.78, 5) is 28.4. The minimum Gasteiger partial charge on any atom is -0.507 e. The van der Waals surface area contributed by atoms with Crippen LogP contribution in [-0.2, 0) is 16.0 Å². The molecule has 1 fully saturated rings. The van der Waals surface area contributed by atoms with Crippen LogP contribution < -0.4 is 19.1 Å². The molecule has 0 saturated carbocycles. The summed E-state index contributed by atoms with van der Waals surface area (Å²) < 4.78 is 17.0. The number of hydrogen-bond donors (Lipinski definition) is 1. The number of benzene rings is 3. The molecule has 0 spiro atoms. The number of amides is 1. The first kappa shape index (κ1) is 24.4. The fourth-order valence-corrected chi connectivity index (χ4v) is 4.89. The van der Waals surface area contributed by atoms with Crippen molar-refractivity contribution in [1.29, 1.82) is 0 Å². The van der Waals surface area contributed by atoms with Crippen LogP contribution in [0.25, 0.3) is 5.76 Å². The standard InChI is InChI=1S/C30H29NO6/c1-4-13-36-24-10-5-7-19(16-24)27-26(28(32)20-11-12-25-21(15-20)14-18(2)37-25)29(33)30(34)31(27)22-8-6-9-23(17-22)35-3/h5-12,15-18,27,32H,4,13-14H2,1-3H3/b28-26-. The number of ketones is 1. The number of carbonyl (C=O) groups excluding carboxylic acids is 2. The number of aliphatic hydroxyl groups is 1. The van der Waals surface area contributed by atoms with Gasteiger partial charge < -0.3 is 19.3 Å². The van der Waals surface area contributed by atoms with Crippen LogP contribution in [0.3, 0.4) is 0 Å². The number of anilines is 1. The van der Waals surface area contributed by atoms with Gasteiger partial charge in [-0.15, -0.1) is 0 Å². The van der Waals surface area contributed by atoms with E-state index in [4.69, 9.17) is 14.2 Å². The van der Waals surface area contributed by atoms with Gasteiger partial charge in [-0.2, -0.15) is 0 Å². The molecule has 37 heavy (non-hydrogen) atoms. The van der Waals surface area contributed by atoms with E-state index in [1.807, 2.05) is 44.2 Å². The molecule has 2 aliphatic heterocycles. The lowest BCUT2D eigenvalue weighted by Crippen LogP contribution is -2.29. The first-order valence-corrected chi connectivity index (χ1v) is 12.4. The van der Waals surface area contributed by atoms with Crippen molar-refractivity contribution >= 4 is 23.1 Å². The summed E-state index contributed by atoms with van der Waals surface area (Å²) in [5.74, 6) is 0.229. The van der Waals surface area contributed by atoms with Crippen molar-refractivity contribution in [3.05, 3.63) is 89.0 Å². The van der Waals surface area contributed by atoms with Gasteiger partial charge in [0.05, 0.1) is 25.3 Å². The average Bonchev–Trinajstić information content (AvgIpc) is 3.42. The molecule has 1 N–H and O–H groups in total. The van der Waals surface area contributed by atoms with E-state index in [0.717, 1.165) is 17.7 Å². The first-order valence-electron chi connectivity index (χ1n) is 12.4. The van der Waals surface area contributed by atoms with Crippen molar-refractivity contribution in [3.63, 3.8) is 0 Å². The molecule has 2 aliphatic rings. The third-order valence-electron chi connectivity index (χ3n) is 6.59. The number of aliphatic hydroxyl groups excluding tert-OH is 1. The number of methoxy groups -OCH3 is 1. The summed E-state index contributed by atoms with van der Waals surface area (Å²) in [6.45, 7) is 4.53. The van der Waals surface area contributed by atoms with E-state index >= 15 is 0 Å². The third-order valence-corrected chi connectivity index (χ3v) is 6.59. The molecular weight excluding hydrogens is 470 g/mol. The highest BCUT2D eigenvalue weighted by molar-refractivity contribution is 6.51. The van der Waals surface area contributed by atoms with Crippen LogP contribution >= 0.6 is 0 Å². The number of ether oxygens (including phenoxy) is 3. The molecule has 7 heteroatoms. The molecule has 2 heterocycles. The molecule has 0 bridgehead atoms. The predicted molar refractivity (Wildman–Crippen MR) is 140 cm³/mol. The van der Waals surface area contributed by atoms with Crippen LogP contribution in [0.4, 0.5) is 5.69 Å². The van der Waals surface area contributed by atoms with Crippen molar-refractivity contribution in [2.24, 2.45) is 0 Å². The van der Waals surface area contributed by atoms with E-state index in [1.54, 1.807) is 36.4 Å². The number of hydrogen-bond acceptors (Lipinski definition) is 6. The summed E-state index contributed by atoms with van der Waals surface area (Å²) in [5.41, 5.74) is 2.57. The summed E-state index contributed by atoms with van der Waals surface area (Å²) in [6, 6.07) is 18.7. The molecule has 3 aromatic carbocycles. The van der Waals surface area contributed by atoms with Gasteiger partial charge in [0.2, 0.25) is 0 Å². The fourth-order valence-electron chi connectivity index (χ4n) is 4.89. The lowest BCUT2D eigenvalue weighted by Gasteiger charge is -2.26. The summed E-state index contributed by atoms with van der Waals surface area (Å²) in [7, 11) is 1.54. The molecule has 190 valence electrons. The Kier molecular flexibility index (Phi) is 6.61. The van der Waals surface area contributed by atoms with Gasteiger partial charge in [0.25, 0.3) is 11.7 Å². The Morgan fingerprint density at radius 3 is 2.62 bits per heavy atom. The fraction of sp³-hybridized carbons (Fsp3) is 0.267. The van der Waals surface area contributed by atoms with Crippen LogP contribution in [0.5, 0.6) is 17.2 Å². The van der Waals surface area contributed by atoms with Crippen LogP contribution in [-0.4, -0.2) is 36.6 Å². The Morgan fingerprint density at radius 1 is 1.05 bits per heavy atom. The molecule has 1 saturated heterocycles. The quantitative estimate of drug-likeness (QED) is 0.265. The van der Waals surface area contributed by atoms with E-state index in [-0.39, 0.29) is 17.4 Å². The molecule has 3 aromatic rings. The van der Waals surface area contributed by atoms with Crippen LogP contribution in [0.15, 0.2) is 72.3 Å². The zero-order chi connectivity index (χ0) is 26.1. The molecule has 1 amide bonds. The average molecular weight is 500 g/mol. The van der Waals surface area contributed by atoms with Gasteiger partial charge in [-0.1, -0.05) is 25.1 Å². The van der Waals surface area contributed by atoms with Gasteiger partial charge in [0.15, 0.2) is 0 Å². The predicted octanol–water partition coefficient (Wildman–Crippen LogP) is 5.43. The maximum Gasteiger partial charge on any atom is 0.300 e. The van der Waals surface area contributed by atoms with Crippen molar-refractivity contribution in [2.45, 2.75) is 38.8 Å². The third kappa shape index (κ3) is 4.53. The molecule has 5 rings (SSSR count). The number of rotatable bonds is 7. The van der Waals surface area contributed by atoms with Crippen molar-refractivity contribution in [3.8, 4) is 17.2 Å². The monoisotopic (exact) mass is 499 g/mol. The van der Waals surface area contributed by atoms with E-state index in [2.05, 4.69) is 0 Å². The Morgan fingerprint density at radius 2 is 1.84 bits per heavy atom. The van der Waals surface area contributed by atoms with E-state index in [9.17, 15) is 14.7 Å².